The lowest BCUT2D eigenvalue weighted by molar-refractivity contribution is -0.0142. The first-order chi connectivity index (χ1) is 9.19. The van der Waals surface area contributed by atoms with Gasteiger partial charge in [0.1, 0.15) is 0 Å². The van der Waals surface area contributed by atoms with Crippen molar-refractivity contribution in [3.8, 4) is 0 Å². The second-order valence-electron chi connectivity index (χ2n) is 7.25. The molecule has 4 saturated carbocycles. The fourth-order valence-corrected chi connectivity index (χ4v) is 5.31. The highest BCUT2D eigenvalue weighted by molar-refractivity contribution is 5.15. The van der Waals surface area contributed by atoms with Gasteiger partial charge in [-0.15, -0.1) is 0 Å². The summed E-state index contributed by atoms with van der Waals surface area (Å²) in [5.74, 6) is 4.07. The summed E-state index contributed by atoms with van der Waals surface area (Å²) >= 11 is 0. The lowest BCUT2D eigenvalue weighted by Gasteiger charge is -2.54. The van der Waals surface area contributed by atoms with Crippen molar-refractivity contribution in [1.82, 2.24) is 15.1 Å². The van der Waals surface area contributed by atoms with E-state index in [1.165, 1.54) is 36.9 Å². The molecule has 0 atom stereocenters. The maximum absolute atomic E-state index is 4.44. The fourth-order valence-electron chi connectivity index (χ4n) is 5.31. The summed E-state index contributed by atoms with van der Waals surface area (Å²) in [6.45, 7) is 3.13. The predicted octanol–water partition coefficient (Wildman–Crippen LogP) is 2.64. The molecule has 4 bridgehead atoms. The third kappa shape index (κ3) is 2.03. The van der Waals surface area contributed by atoms with Crippen LogP contribution in [0.25, 0.3) is 0 Å². The molecule has 0 radical (unpaired) electrons. The van der Waals surface area contributed by atoms with Gasteiger partial charge < -0.3 is 5.32 Å². The Labute approximate surface area is 115 Å². The van der Waals surface area contributed by atoms with Crippen molar-refractivity contribution in [3.63, 3.8) is 0 Å². The Kier molecular flexibility index (Phi) is 2.73. The van der Waals surface area contributed by atoms with Gasteiger partial charge in [0.05, 0.1) is 5.69 Å². The standard InChI is InChI=1S/C16H25N3/c1-10-15(9-19(2)18-10)8-17-16-13-4-11-3-12(6-13)7-14(16)5-11/h9,11-14,16-17H,3-8H2,1-2H3. The molecule has 1 aromatic rings. The molecule has 0 spiro atoms. The van der Waals surface area contributed by atoms with E-state index in [4.69, 9.17) is 0 Å². The van der Waals surface area contributed by atoms with Gasteiger partial charge in [0.15, 0.2) is 0 Å². The van der Waals surface area contributed by atoms with Crippen LogP contribution in [-0.2, 0) is 13.6 Å². The summed E-state index contributed by atoms with van der Waals surface area (Å²) in [5, 5.41) is 8.32. The van der Waals surface area contributed by atoms with Crippen molar-refractivity contribution in [1.29, 1.82) is 0 Å². The van der Waals surface area contributed by atoms with Gasteiger partial charge in [-0.05, 0) is 62.7 Å². The van der Waals surface area contributed by atoms with E-state index in [2.05, 4.69) is 23.5 Å². The van der Waals surface area contributed by atoms with E-state index in [1.54, 1.807) is 6.42 Å². The van der Waals surface area contributed by atoms with Crippen LogP contribution in [0.2, 0.25) is 0 Å². The third-order valence-corrected chi connectivity index (χ3v) is 5.87. The zero-order valence-electron chi connectivity index (χ0n) is 12.1. The molecule has 1 aromatic heterocycles. The highest BCUT2D eigenvalue weighted by Crippen LogP contribution is 2.53. The van der Waals surface area contributed by atoms with Crippen LogP contribution in [0.4, 0.5) is 0 Å². The van der Waals surface area contributed by atoms with Crippen LogP contribution < -0.4 is 5.32 Å². The molecule has 19 heavy (non-hydrogen) atoms. The molecule has 4 aliphatic carbocycles. The van der Waals surface area contributed by atoms with Crippen molar-refractivity contribution < 1.29 is 0 Å². The van der Waals surface area contributed by atoms with E-state index in [-0.39, 0.29) is 0 Å². The highest BCUT2D eigenvalue weighted by atomic mass is 15.3. The third-order valence-electron chi connectivity index (χ3n) is 5.87. The monoisotopic (exact) mass is 259 g/mol. The van der Waals surface area contributed by atoms with Crippen LogP contribution >= 0.6 is 0 Å². The molecule has 0 saturated heterocycles. The van der Waals surface area contributed by atoms with Gasteiger partial charge in [-0.1, -0.05) is 0 Å². The van der Waals surface area contributed by atoms with Crippen LogP contribution in [0, 0.1) is 30.6 Å². The van der Waals surface area contributed by atoms with Gasteiger partial charge in [-0.3, -0.25) is 4.68 Å². The Balaban J connectivity index is 1.44. The average molecular weight is 259 g/mol. The lowest BCUT2D eigenvalue weighted by atomic mass is 9.54. The molecule has 104 valence electrons. The molecule has 0 unspecified atom stereocenters. The quantitative estimate of drug-likeness (QED) is 0.904. The number of aryl methyl sites for hydroxylation is 2. The molecule has 4 aliphatic rings. The SMILES string of the molecule is Cc1nn(C)cc1CNC1C2CC3CC(C2)CC1C3. The van der Waals surface area contributed by atoms with Crippen LogP contribution in [-0.4, -0.2) is 15.8 Å². The average Bonchev–Trinajstić information content (AvgIpc) is 2.66. The molecule has 1 N–H and O–H groups in total. The van der Waals surface area contributed by atoms with E-state index in [0.29, 0.717) is 0 Å². The van der Waals surface area contributed by atoms with Crippen LogP contribution in [0.1, 0.15) is 43.4 Å². The molecule has 0 amide bonds. The van der Waals surface area contributed by atoms with E-state index >= 15 is 0 Å². The molecular formula is C16H25N3. The van der Waals surface area contributed by atoms with Gasteiger partial charge in [0, 0.05) is 31.4 Å². The maximum Gasteiger partial charge on any atom is 0.0638 e. The Hall–Kier alpha value is -0.830. The van der Waals surface area contributed by atoms with E-state index in [1.807, 2.05) is 11.7 Å². The van der Waals surface area contributed by atoms with Crippen LogP contribution in [0.15, 0.2) is 6.20 Å². The number of hydrogen-bond donors (Lipinski definition) is 1. The minimum absolute atomic E-state index is 0.785. The molecule has 0 aliphatic heterocycles. The van der Waals surface area contributed by atoms with Gasteiger partial charge in [0.2, 0.25) is 0 Å². The zero-order valence-corrected chi connectivity index (χ0v) is 12.1. The first-order valence-electron chi connectivity index (χ1n) is 7.91. The van der Waals surface area contributed by atoms with E-state index < -0.39 is 0 Å². The summed E-state index contributed by atoms with van der Waals surface area (Å²) in [5.41, 5.74) is 2.55. The molecule has 3 nitrogen and oxygen atoms in total. The number of nitrogens with zero attached hydrogens (tertiary/aromatic N) is 2. The molecular weight excluding hydrogens is 234 g/mol. The van der Waals surface area contributed by atoms with Crippen LogP contribution in [0.5, 0.6) is 0 Å². The highest BCUT2D eigenvalue weighted by Gasteiger charge is 2.47. The Bertz CT molecular complexity index is 448. The summed E-state index contributed by atoms with van der Waals surface area (Å²) in [6, 6.07) is 0.785. The topological polar surface area (TPSA) is 29.9 Å². The first-order valence-corrected chi connectivity index (χ1v) is 7.91. The summed E-state index contributed by atoms with van der Waals surface area (Å²) in [7, 11) is 2.01. The Morgan fingerprint density at radius 3 is 2.32 bits per heavy atom. The van der Waals surface area contributed by atoms with Gasteiger partial charge >= 0.3 is 0 Å². The van der Waals surface area contributed by atoms with Gasteiger partial charge in [-0.25, -0.2) is 0 Å². The molecule has 3 heteroatoms. The number of aromatic nitrogens is 2. The smallest absolute Gasteiger partial charge is 0.0638 e. The van der Waals surface area contributed by atoms with Crippen molar-refractivity contribution in [2.75, 3.05) is 0 Å². The first kappa shape index (κ1) is 12.0. The van der Waals surface area contributed by atoms with Crippen molar-refractivity contribution in [2.45, 2.75) is 51.6 Å². The number of rotatable bonds is 3. The lowest BCUT2D eigenvalue weighted by Crippen LogP contribution is -2.54. The zero-order chi connectivity index (χ0) is 13.0. The number of hydrogen-bond acceptors (Lipinski definition) is 2. The normalized spacial score (nSPS) is 40.0. The van der Waals surface area contributed by atoms with E-state index in [0.717, 1.165) is 36.3 Å². The second-order valence-corrected chi connectivity index (χ2v) is 7.25. The predicted molar refractivity (Wildman–Crippen MR) is 75.6 cm³/mol. The largest absolute Gasteiger partial charge is 0.309 e. The minimum Gasteiger partial charge on any atom is -0.309 e. The van der Waals surface area contributed by atoms with Gasteiger partial charge in [-0.2, -0.15) is 5.10 Å². The van der Waals surface area contributed by atoms with Crippen molar-refractivity contribution in [3.05, 3.63) is 17.5 Å². The molecule has 4 fully saturated rings. The van der Waals surface area contributed by atoms with Crippen molar-refractivity contribution in [2.24, 2.45) is 30.7 Å². The molecule has 0 aromatic carbocycles. The minimum atomic E-state index is 0.785. The molecule has 1 heterocycles. The Morgan fingerprint density at radius 2 is 1.79 bits per heavy atom. The van der Waals surface area contributed by atoms with Crippen molar-refractivity contribution >= 4 is 0 Å². The summed E-state index contributed by atoms with van der Waals surface area (Å²) < 4.78 is 1.93. The summed E-state index contributed by atoms with van der Waals surface area (Å²) in [6.07, 6.45) is 9.70. The summed E-state index contributed by atoms with van der Waals surface area (Å²) in [4.78, 5) is 0. The van der Waals surface area contributed by atoms with Gasteiger partial charge in [0.25, 0.3) is 0 Å². The second kappa shape index (κ2) is 4.34. The van der Waals surface area contributed by atoms with E-state index in [9.17, 15) is 0 Å². The maximum atomic E-state index is 4.44. The fraction of sp³-hybridized carbons (Fsp3) is 0.812. The molecule has 5 rings (SSSR count). The Morgan fingerprint density at radius 1 is 1.16 bits per heavy atom. The van der Waals surface area contributed by atoms with Crippen LogP contribution in [0.3, 0.4) is 0 Å². The number of nitrogens with one attached hydrogen (secondary N) is 1.